The van der Waals surface area contributed by atoms with Crippen molar-refractivity contribution >= 4 is 22.6 Å². The predicted octanol–water partition coefficient (Wildman–Crippen LogP) is 2.71. The Morgan fingerprint density at radius 3 is 3.05 bits per heavy atom. The molecule has 0 saturated carbocycles. The molecular formula is C15H15N5O. The van der Waals surface area contributed by atoms with Crippen LogP contribution in [-0.4, -0.2) is 26.1 Å². The van der Waals surface area contributed by atoms with Crippen molar-refractivity contribution in [2.24, 2.45) is 0 Å². The van der Waals surface area contributed by atoms with E-state index in [1.54, 1.807) is 6.33 Å². The molecule has 1 amide bonds. The fourth-order valence-corrected chi connectivity index (χ4v) is 3.15. The molecule has 106 valence electrons. The fourth-order valence-electron chi connectivity index (χ4n) is 3.15. The minimum absolute atomic E-state index is 0.0339. The Hall–Kier alpha value is -2.63. The van der Waals surface area contributed by atoms with Crippen LogP contribution in [0.2, 0.25) is 0 Å². The van der Waals surface area contributed by atoms with Crippen molar-refractivity contribution in [3.05, 3.63) is 41.5 Å². The zero-order valence-electron chi connectivity index (χ0n) is 11.8. The number of aromatic amines is 2. The number of carbonyl (C=O) groups is 1. The van der Waals surface area contributed by atoms with Gasteiger partial charge in [0, 0.05) is 16.9 Å². The Balaban J connectivity index is 1.86. The molecule has 0 saturated heterocycles. The van der Waals surface area contributed by atoms with Gasteiger partial charge in [-0.15, -0.1) is 0 Å². The smallest absolute Gasteiger partial charge is 0.279 e. The zero-order chi connectivity index (χ0) is 14.6. The predicted molar refractivity (Wildman–Crippen MR) is 79.3 cm³/mol. The lowest BCUT2D eigenvalue weighted by Crippen LogP contribution is -2.28. The summed E-state index contributed by atoms with van der Waals surface area (Å²) in [6.45, 7) is 4.05. The van der Waals surface area contributed by atoms with Crippen molar-refractivity contribution in [1.29, 1.82) is 0 Å². The van der Waals surface area contributed by atoms with Gasteiger partial charge < -0.3 is 4.98 Å². The van der Waals surface area contributed by atoms with E-state index in [2.05, 4.69) is 27.1 Å². The van der Waals surface area contributed by atoms with Crippen LogP contribution >= 0.6 is 0 Å². The lowest BCUT2D eigenvalue weighted by Gasteiger charge is -2.24. The van der Waals surface area contributed by atoms with Gasteiger partial charge in [-0.25, -0.2) is 4.98 Å². The third-order valence-corrected chi connectivity index (χ3v) is 4.13. The molecular weight excluding hydrogens is 266 g/mol. The van der Waals surface area contributed by atoms with Gasteiger partial charge in [-0.2, -0.15) is 5.10 Å². The number of amides is 1. The first-order valence-electron chi connectivity index (χ1n) is 7.02. The molecule has 2 N–H and O–H groups in total. The maximum absolute atomic E-state index is 12.7. The van der Waals surface area contributed by atoms with E-state index in [9.17, 15) is 4.79 Å². The molecule has 3 aromatic rings. The van der Waals surface area contributed by atoms with Crippen LogP contribution in [0.4, 0.5) is 5.69 Å². The number of aromatic nitrogens is 4. The molecule has 0 fully saturated rings. The molecule has 1 aliphatic rings. The number of imidazole rings is 1. The summed E-state index contributed by atoms with van der Waals surface area (Å²) < 4.78 is 0. The molecule has 3 heterocycles. The number of rotatable bonds is 2. The van der Waals surface area contributed by atoms with Crippen LogP contribution in [0.5, 0.6) is 0 Å². The fraction of sp³-hybridized carbons (Fsp3) is 0.267. The summed E-state index contributed by atoms with van der Waals surface area (Å²) in [6.07, 6.45) is 2.51. The maximum Gasteiger partial charge on any atom is 0.279 e. The van der Waals surface area contributed by atoms with Gasteiger partial charge in [-0.3, -0.25) is 14.8 Å². The zero-order valence-corrected chi connectivity index (χ0v) is 11.8. The number of H-pyrrole nitrogens is 2. The number of nitrogens with zero attached hydrogens (tertiary/aromatic N) is 3. The Labute approximate surface area is 121 Å². The van der Waals surface area contributed by atoms with Crippen molar-refractivity contribution in [3.8, 4) is 0 Å². The third-order valence-electron chi connectivity index (χ3n) is 4.13. The average Bonchev–Trinajstić information content (AvgIpc) is 3.15. The molecule has 0 aliphatic carbocycles. The van der Waals surface area contributed by atoms with Crippen LogP contribution in [0.25, 0.3) is 11.0 Å². The summed E-state index contributed by atoms with van der Waals surface area (Å²) in [4.78, 5) is 21.8. The van der Waals surface area contributed by atoms with Gasteiger partial charge in [-0.1, -0.05) is 6.92 Å². The Morgan fingerprint density at radius 2 is 2.24 bits per heavy atom. The van der Waals surface area contributed by atoms with Crippen LogP contribution in [0.15, 0.2) is 24.5 Å². The van der Waals surface area contributed by atoms with Gasteiger partial charge in [0.05, 0.1) is 23.4 Å². The third kappa shape index (κ3) is 1.55. The summed E-state index contributed by atoms with van der Waals surface area (Å²) in [7, 11) is 0. The minimum atomic E-state index is -0.0416. The minimum Gasteiger partial charge on any atom is -0.345 e. The molecule has 1 unspecified atom stereocenters. The second-order valence-corrected chi connectivity index (χ2v) is 5.31. The molecule has 1 atom stereocenters. The highest BCUT2D eigenvalue weighted by Crippen LogP contribution is 2.40. The van der Waals surface area contributed by atoms with Gasteiger partial charge in [0.2, 0.25) is 0 Å². The largest absolute Gasteiger partial charge is 0.345 e. The molecule has 1 aromatic carbocycles. The van der Waals surface area contributed by atoms with Crippen molar-refractivity contribution in [1.82, 2.24) is 20.2 Å². The normalized spacial score (nSPS) is 17.7. The quantitative estimate of drug-likeness (QED) is 0.758. The molecule has 0 bridgehead atoms. The van der Waals surface area contributed by atoms with E-state index < -0.39 is 0 Å². The van der Waals surface area contributed by atoms with Crippen LogP contribution in [0, 0.1) is 6.92 Å². The van der Waals surface area contributed by atoms with Crippen LogP contribution in [0.1, 0.15) is 41.1 Å². The number of fused-ring (bicyclic) bond motifs is 2. The van der Waals surface area contributed by atoms with E-state index in [0.29, 0.717) is 5.69 Å². The maximum atomic E-state index is 12.7. The van der Waals surface area contributed by atoms with Crippen molar-refractivity contribution in [3.63, 3.8) is 0 Å². The molecule has 6 nitrogen and oxygen atoms in total. The van der Waals surface area contributed by atoms with E-state index in [0.717, 1.165) is 34.4 Å². The molecule has 0 radical (unpaired) electrons. The first-order chi connectivity index (χ1) is 10.2. The van der Waals surface area contributed by atoms with Crippen LogP contribution in [0.3, 0.4) is 0 Å². The summed E-state index contributed by atoms with van der Waals surface area (Å²) in [5.74, 6) is -0.0416. The number of carbonyl (C=O) groups excluding carboxylic acids is 1. The Morgan fingerprint density at radius 1 is 1.38 bits per heavy atom. The Kier molecular flexibility index (Phi) is 2.42. The van der Waals surface area contributed by atoms with Crippen molar-refractivity contribution < 1.29 is 4.79 Å². The van der Waals surface area contributed by atoms with Crippen molar-refractivity contribution in [2.75, 3.05) is 4.90 Å². The highest BCUT2D eigenvalue weighted by molar-refractivity contribution is 6.10. The van der Waals surface area contributed by atoms with E-state index in [-0.39, 0.29) is 11.9 Å². The van der Waals surface area contributed by atoms with E-state index in [4.69, 9.17) is 0 Å². The summed E-state index contributed by atoms with van der Waals surface area (Å²) in [5.41, 5.74) is 5.23. The van der Waals surface area contributed by atoms with Gasteiger partial charge in [-0.05, 0) is 31.5 Å². The second kappa shape index (κ2) is 4.18. The molecule has 21 heavy (non-hydrogen) atoms. The number of aryl methyl sites for hydroxylation is 1. The molecule has 0 spiro atoms. The van der Waals surface area contributed by atoms with Gasteiger partial charge >= 0.3 is 0 Å². The molecule has 4 rings (SSSR count). The van der Waals surface area contributed by atoms with Crippen LogP contribution < -0.4 is 4.90 Å². The van der Waals surface area contributed by atoms with Crippen LogP contribution in [-0.2, 0) is 0 Å². The lowest BCUT2D eigenvalue weighted by molar-refractivity contribution is 0.0986. The number of hydrogen-bond acceptors (Lipinski definition) is 3. The standard InChI is InChI=1S/C15H15N5O/c1-3-12-13-8(2)18-19-14(13)15(21)20(12)9-4-5-10-11(6-9)17-7-16-10/h4-7,12H,3H2,1-2H3,(H,16,17)(H,18,19). The van der Waals surface area contributed by atoms with Gasteiger partial charge in [0.25, 0.3) is 5.91 Å². The van der Waals surface area contributed by atoms with Gasteiger partial charge in [0.1, 0.15) is 0 Å². The number of anilines is 1. The second-order valence-electron chi connectivity index (χ2n) is 5.31. The first kappa shape index (κ1) is 12.1. The first-order valence-corrected chi connectivity index (χ1v) is 7.02. The van der Waals surface area contributed by atoms with Crippen molar-refractivity contribution in [2.45, 2.75) is 26.3 Å². The highest BCUT2D eigenvalue weighted by atomic mass is 16.2. The Bertz CT molecular complexity index is 847. The topological polar surface area (TPSA) is 77.7 Å². The monoisotopic (exact) mass is 281 g/mol. The van der Waals surface area contributed by atoms with E-state index in [1.807, 2.05) is 30.0 Å². The SMILES string of the molecule is CCC1c2c(n[nH]c2C)C(=O)N1c1ccc2nc[nH]c2c1. The number of hydrogen-bond donors (Lipinski definition) is 2. The number of benzene rings is 1. The number of nitrogens with one attached hydrogen (secondary N) is 2. The summed E-state index contributed by atoms with van der Waals surface area (Å²) in [5, 5.41) is 7.08. The van der Waals surface area contributed by atoms with E-state index >= 15 is 0 Å². The molecule has 6 heteroatoms. The highest BCUT2D eigenvalue weighted by Gasteiger charge is 2.40. The summed E-state index contributed by atoms with van der Waals surface area (Å²) in [6, 6.07) is 5.87. The molecule has 2 aromatic heterocycles. The lowest BCUT2D eigenvalue weighted by atomic mass is 10.1. The van der Waals surface area contributed by atoms with Gasteiger partial charge in [0.15, 0.2) is 5.69 Å². The van der Waals surface area contributed by atoms with E-state index in [1.165, 1.54) is 0 Å². The average molecular weight is 281 g/mol. The summed E-state index contributed by atoms with van der Waals surface area (Å²) >= 11 is 0. The molecule has 1 aliphatic heterocycles.